The molecule has 20 heavy (non-hydrogen) atoms. The van der Waals surface area contributed by atoms with Crippen LogP contribution in [0.4, 0.5) is 10.1 Å². The van der Waals surface area contributed by atoms with Gasteiger partial charge in [-0.05, 0) is 36.2 Å². The zero-order chi connectivity index (χ0) is 14.5. The van der Waals surface area contributed by atoms with Crippen LogP contribution < -0.4 is 5.32 Å². The van der Waals surface area contributed by atoms with Crippen molar-refractivity contribution < 1.29 is 9.18 Å². The highest BCUT2D eigenvalue weighted by atomic mass is 35.5. The number of rotatable bonds is 4. The van der Waals surface area contributed by atoms with Crippen LogP contribution in [0.3, 0.4) is 0 Å². The summed E-state index contributed by atoms with van der Waals surface area (Å²) in [5.41, 5.74) is 1.25. The van der Waals surface area contributed by atoms with Gasteiger partial charge < -0.3 is 5.32 Å². The van der Waals surface area contributed by atoms with Crippen molar-refractivity contribution in [2.75, 3.05) is 5.32 Å². The number of carbonyl (C=O) groups is 1. The van der Waals surface area contributed by atoms with Gasteiger partial charge in [-0.15, -0.1) is 0 Å². The minimum atomic E-state index is -0.388. The van der Waals surface area contributed by atoms with Crippen molar-refractivity contribution in [3.8, 4) is 0 Å². The Morgan fingerprint density at radius 2 is 1.90 bits per heavy atom. The number of aryl methyl sites for hydroxylation is 1. The van der Waals surface area contributed by atoms with E-state index in [1.807, 2.05) is 6.07 Å². The van der Waals surface area contributed by atoms with Crippen LogP contribution >= 0.6 is 23.2 Å². The van der Waals surface area contributed by atoms with E-state index in [4.69, 9.17) is 23.2 Å². The number of benzene rings is 2. The summed E-state index contributed by atoms with van der Waals surface area (Å²) in [6.45, 7) is 0. The van der Waals surface area contributed by atoms with Crippen LogP contribution in [0, 0.1) is 5.82 Å². The van der Waals surface area contributed by atoms with Gasteiger partial charge in [-0.25, -0.2) is 4.39 Å². The molecule has 0 aliphatic heterocycles. The van der Waals surface area contributed by atoms with Crippen molar-refractivity contribution >= 4 is 34.8 Å². The molecule has 2 aromatic rings. The molecule has 0 fully saturated rings. The quantitative estimate of drug-likeness (QED) is 0.871. The number of carbonyl (C=O) groups excluding carboxylic acids is 1. The summed E-state index contributed by atoms with van der Waals surface area (Å²) in [5.74, 6) is -0.590. The van der Waals surface area contributed by atoms with Gasteiger partial charge >= 0.3 is 0 Å². The van der Waals surface area contributed by atoms with Crippen LogP contribution in [0.2, 0.25) is 10.0 Å². The Morgan fingerprint density at radius 3 is 2.65 bits per heavy atom. The molecule has 1 N–H and O–H groups in total. The Morgan fingerprint density at radius 1 is 1.15 bits per heavy atom. The van der Waals surface area contributed by atoms with Crippen molar-refractivity contribution in [2.24, 2.45) is 0 Å². The van der Waals surface area contributed by atoms with Gasteiger partial charge in [-0.1, -0.05) is 41.4 Å². The maximum Gasteiger partial charge on any atom is 0.224 e. The molecule has 104 valence electrons. The van der Waals surface area contributed by atoms with Gasteiger partial charge in [0, 0.05) is 12.1 Å². The van der Waals surface area contributed by atoms with E-state index in [1.54, 1.807) is 24.3 Å². The second-order valence-corrected chi connectivity index (χ2v) is 5.06. The standard InChI is InChI=1S/C15H12Cl2FNO/c16-13-6-1-3-10(15(13)17)7-8-14(20)19-12-5-2-4-11(18)9-12/h1-6,9H,7-8H2,(H,19,20). The van der Waals surface area contributed by atoms with Crippen molar-refractivity contribution in [2.45, 2.75) is 12.8 Å². The summed E-state index contributed by atoms with van der Waals surface area (Å²) in [7, 11) is 0. The molecular formula is C15H12Cl2FNO. The summed E-state index contributed by atoms with van der Waals surface area (Å²) in [5, 5.41) is 3.56. The SMILES string of the molecule is O=C(CCc1cccc(Cl)c1Cl)Nc1cccc(F)c1. The van der Waals surface area contributed by atoms with Crippen molar-refractivity contribution in [3.63, 3.8) is 0 Å². The van der Waals surface area contributed by atoms with Crippen LogP contribution in [0.15, 0.2) is 42.5 Å². The van der Waals surface area contributed by atoms with Crippen LogP contribution in [0.5, 0.6) is 0 Å². The van der Waals surface area contributed by atoms with Crippen LogP contribution in [0.1, 0.15) is 12.0 Å². The summed E-state index contributed by atoms with van der Waals surface area (Å²) in [6.07, 6.45) is 0.719. The first-order valence-corrected chi connectivity index (χ1v) is 6.80. The third kappa shape index (κ3) is 3.95. The highest BCUT2D eigenvalue weighted by Gasteiger charge is 2.08. The van der Waals surface area contributed by atoms with E-state index in [2.05, 4.69) is 5.32 Å². The Balaban J connectivity index is 1.94. The number of hydrogen-bond donors (Lipinski definition) is 1. The molecule has 0 aromatic heterocycles. The lowest BCUT2D eigenvalue weighted by Gasteiger charge is -2.07. The molecular weight excluding hydrogens is 300 g/mol. The second-order valence-electron chi connectivity index (χ2n) is 4.27. The molecule has 0 aliphatic rings. The van der Waals surface area contributed by atoms with Crippen LogP contribution in [0.25, 0.3) is 0 Å². The zero-order valence-electron chi connectivity index (χ0n) is 10.5. The molecule has 0 bridgehead atoms. The Hall–Kier alpha value is -1.58. The highest BCUT2D eigenvalue weighted by Crippen LogP contribution is 2.26. The predicted octanol–water partition coefficient (Wildman–Crippen LogP) is 4.70. The average Bonchev–Trinajstić information content (AvgIpc) is 2.40. The van der Waals surface area contributed by atoms with Gasteiger partial charge in [0.2, 0.25) is 5.91 Å². The fourth-order valence-corrected chi connectivity index (χ4v) is 2.19. The Bertz CT molecular complexity index is 631. The first-order valence-electron chi connectivity index (χ1n) is 6.04. The van der Waals surface area contributed by atoms with E-state index in [0.717, 1.165) is 5.56 Å². The van der Waals surface area contributed by atoms with Crippen LogP contribution in [-0.4, -0.2) is 5.91 Å². The van der Waals surface area contributed by atoms with E-state index in [1.165, 1.54) is 12.1 Å². The number of halogens is 3. The van der Waals surface area contributed by atoms with Crippen molar-refractivity contribution in [3.05, 3.63) is 63.9 Å². The number of nitrogens with one attached hydrogen (secondary N) is 1. The summed E-state index contributed by atoms with van der Waals surface area (Å²) >= 11 is 11.9. The topological polar surface area (TPSA) is 29.1 Å². The van der Waals surface area contributed by atoms with Gasteiger partial charge in [-0.3, -0.25) is 4.79 Å². The largest absolute Gasteiger partial charge is 0.326 e. The third-order valence-electron chi connectivity index (χ3n) is 2.76. The first-order chi connectivity index (χ1) is 9.56. The van der Waals surface area contributed by atoms with Crippen molar-refractivity contribution in [1.29, 1.82) is 0 Å². The molecule has 2 nitrogen and oxygen atoms in total. The minimum absolute atomic E-state index is 0.202. The van der Waals surface area contributed by atoms with Gasteiger partial charge in [0.05, 0.1) is 10.0 Å². The monoisotopic (exact) mass is 311 g/mol. The molecule has 5 heteroatoms. The molecule has 2 aromatic carbocycles. The lowest BCUT2D eigenvalue weighted by atomic mass is 10.1. The molecule has 0 atom stereocenters. The van der Waals surface area contributed by atoms with Gasteiger partial charge in [0.1, 0.15) is 5.82 Å². The predicted molar refractivity (Wildman–Crippen MR) is 79.8 cm³/mol. The third-order valence-corrected chi connectivity index (χ3v) is 3.62. The number of amides is 1. The normalized spacial score (nSPS) is 10.3. The van der Waals surface area contributed by atoms with E-state index >= 15 is 0 Å². The Labute approximate surface area is 126 Å². The molecule has 0 radical (unpaired) electrons. The van der Waals surface area contributed by atoms with Gasteiger partial charge in [0.25, 0.3) is 0 Å². The molecule has 0 spiro atoms. The lowest BCUT2D eigenvalue weighted by Crippen LogP contribution is -2.12. The zero-order valence-corrected chi connectivity index (χ0v) is 12.0. The van der Waals surface area contributed by atoms with Gasteiger partial charge in [-0.2, -0.15) is 0 Å². The van der Waals surface area contributed by atoms with E-state index < -0.39 is 0 Å². The summed E-state index contributed by atoms with van der Waals surface area (Å²) in [4.78, 5) is 11.8. The van der Waals surface area contributed by atoms with Gasteiger partial charge in [0.15, 0.2) is 0 Å². The highest BCUT2D eigenvalue weighted by molar-refractivity contribution is 6.42. The summed E-state index contributed by atoms with van der Waals surface area (Å²) in [6, 6.07) is 11.1. The average molecular weight is 312 g/mol. The molecule has 0 saturated heterocycles. The summed E-state index contributed by atoms with van der Waals surface area (Å²) < 4.78 is 13.0. The molecule has 0 unspecified atom stereocenters. The Kier molecular flexibility index (Phi) is 4.99. The van der Waals surface area contributed by atoms with E-state index in [-0.39, 0.29) is 18.1 Å². The number of hydrogen-bond acceptors (Lipinski definition) is 1. The lowest BCUT2D eigenvalue weighted by molar-refractivity contribution is -0.116. The molecule has 2 rings (SSSR count). The fraction of sp³-hybridized carbons (Fsp3) is 0.133. The molecule has 0 heterocycles. The first kappa shape index (κ1) is 14.8. The number of anilines is 1. The minimum Gasteiger partial charge on any atom is -0.326 e. The van der Waals surface area contributed by atoms with E-state index in [0.29, 0.717) is 22.2 Å². The molecule has 0 saturated carbocycles. The van der Waals surface area contributed by atoms with E-state index in [9.17, 15) is 9.18 Å². The smallest absolute Gasteiger partial charge is 0.224 e. The molecule has 1 amide bonds. The second kappa shape index (κ2) is 6.73. The fourth-order valence-electron chi connectivity index (χ4n) is 1.78. The van der Waals surface area contributed by atoms with Crippen molar-refractivity contribution in [1.82, 2.24) is 0 Å². The maximum absolute atomic E-state index is 13.0. The van der Waals surface area contributed by atoms with Crippen LogP contribution in [-0.2, 0) is 11.2 Å². The maximum atomic E-state index is 13.0. The molecule has 0 aliphatic carbocycles.